The molecule has 0 radical (unpaired) electrons. The number of nitrogens with one attached hydrogen (secondary N) is 1. The summed E-state index contributed by atoms with van der Waals surface area (Å²) in [5.41, 5.74) is 0.912. The van der Waals surface area contributed by atoms with Crippen molar-refractivity contribution in [2.45, 2.75) is 25.1 Å². The molecule has 0 spiro atoms. The first kappa shape index (κ1) is 9.46. The Labute approximate surface area is 82.8 Å². The van der Waals surface area contributed by atoms with Crippen LogP contribution in [0.5, 0.6) is 5.75 Å². The smallest absolute Gasteiger partial charge is 0.120 e. The quantitative estimate of drug-likeness (QED) is 0.719. The summed E-state index contributed by atoms with van der Waals surface area (Å²) in [5, 5.41) is 12.3. The molecular weight excluding hydrogens is 181 g/mol. The fraction of sp³-hybridized carbons (Fsp3) is 0.455. The highest BCUT2D eigenvalue weighted by Gasteiger charge is 2.25. The van der Waals surface area contributed by atoms with E-state index in [1.54, 1.807) is 24.3 Å². The van der Waals surface area contributed by atoms with Crippen LogP contribution in [0.1, 0.15) is 24.4 Å². The Morgan fingerprint density at radius 2 is 2.00 bits per heavy atom. The molecule has 2 unspecified atom stereocenters. The second kappa shape index (κ2) is 3.96. The molecule has 2 N–H and O–H groups in total. The summed E-state index contributed by atoms with van der Waals surface area (Å²) in [6, 6.07) is 6.52. The zero-order valence-electron chi connectivity index (χ0n) is 7.91. The minimum Gasteiger partial charge on any atom is -0.508 e. The van der Waals surface area contributed by atoms with Gasteiger partial charge >= 0.3 is 0 Å². The third kappa shape index (κ3) is 1.87. The predicted molar refractivity (Wildman–Crippen MR) is 53.0 cm³/mol. The van der Waals surface area contributed by atoms with Crippen molar-refractivity contribution in [1.82, 2.24) is 5.32 Å². The molecule has 14 heavy (non-hydrogen) atoms. The SMILES string of the molecule is Oc1ccc(C2NCCCC2F)cc1. The van der Waals surface area contributed by atoms with Crippen LogP contribution in [0.3, 0.4) is 0 Å². The lowest BCUT2D eigenvalue weighted by atomic mass is 9.96. The lowest BCUT2D eigenvalue weighted by Crippen LogP contribution is -2.35. The highest BCUT2D eigenvalue weighted by Crippen LogP contribution is 2.26. The molecule has 2 nitrogen and oxygen atoms in total. The van der Waals surface area contributed by atoms with E-state index in [1.807, 2.05) is 0 Å². The fourth-order valence-electron chi connectivity index (χ4n) is 1.86. The highest BCUT2D eigenvalue weighted by molar-refractivity contribution is 5.28. The summed E-state index contributed by atoms with van der Waals surface area (Å²) in [5.74, 6) is 0.222. The number of aromatic hydroxyl groups is 1. The molecule has 0 aliphatic carbocycles. The van der Waals surface area contributed by atoms with Crippen LogP contribution in [0.2, 0.25) is 0 Å². The van der Waals surface area contributed by atoms with Gasteiger partial charge in [-0.15, -0.1) is 0 Å². The standard InChI is InChI=1S/C11H14FNO/c12-10-2-1-7-13-11(10)8-3-5-9(14)6-4-8/h3-6,10-11,13-14H,1-2,7H2. The van der Waals surface area contributed by atoms with E-state index in [1.165, 1.54) is 0 Å². The molecule has 1 heterocycles. The van der Waals surface area contributed by atoms with E-state index in [-0.39, 0.29) is 11.8 Å². The number of hydrogen-bond donors (Lipinski definition) is 2. The van der Waals surface area contributed by atoms with Gasteiger partial charge in [0.1, 0.15) is 11.9 Å². The van der Waals surface area contributed by atoms with Gasteiger partial charge in [0.05, 0.1) is 6.04 Å². The summed E-state index contributed by atoms with van der Waals surface area (Å²) in [4.78, 5) is 0. The molecule has 1 aromatic rings. The van der Waals surface area contributed by atoms with E-state index in [9.17, 15) is 4.39 Å². The number of hydrogen-bond acceptors (Lipinski definition) is 2. The maximum absolute atomic E-state index is 13.5. The average Bonchev–Trinajstić information content (AvgIpc) is 2.20. The Hall–Kier alpha value is -1.09. The fourth-order valence-corrected chi connectivity index (χ4v) is 1.86. The van der Waals surface area contributed by atoms with Gasteiger partial charge in [0.15, 0.2) is 0 Å². The molecule has 0 bridgehead atoms. The van der Waals surface area contributed by atoms with Crippen molar-refractivity contribution in [2.24, 2.45) is 0 Å². The third-order valence-corrected chi connectivity index (χ3v) is 2.63. The number of phenolic OH excluding ortho intramolecular Hbond substituents is 1. The Kier molecular flexibility index (Phi) is 2.68. The average molecular weight is 195 g/mol. The maximum Gasteiger partial charge on any atom is 0.120 e. The monoisotopic (exact) mass is 195 g/mol. The van der Waals surface area contributed by atoms with Gasteiger partial charge in [0.25, 0.3) is 0 Å². The van der Waals surface area contributed by atoms with E-state index >= 15 is 0 Å². The zero-order chi connectivity index (χ0) is 9.97. The van der Waals surface area contributed by atoms with Crippen LogP contribution in [-0.2, 0) is 0 Å². The second-order valence-electron chi connectivity index (χ2n) is 3.68. The summed E-state index contributed by atoms with van der Waals surface area (Å²) in [6.07, 6.45) is 0.710. The number of halogens is 1. The first-order valence-corrected chi connectivity index (χ1v) is 4.94. The van der Waals surface area contributed by atoms with Crippen molar-refractivity contribution in [3.8, 4) is 5.75 Å². The van der Waals surface area contributed by atoms with E-state index in [4.69, 9.17) is 5.11 Å². The van der Waals surface area contributed by atoms with Crippen LogP contribution in [0, 0.1) is 0 Å². The van der Waals surface area contributed by atoms with E-state index < -0.39 is 6.17 Å². The minimum atomic E-state index is -0.812. The topological polar surface area (TPSA) is 32.3 Å². The molecule has 2 atom stereocenters. The minimum absolute atomic E-state index is 0.204. The zero-order valence-corrected chi connectivity index (χ0v) is 7.91. The normalized spacial score (nSPS) is 27.5. The maximum atomic E-state index is 13.5. The molecule has 1 aromatic carbocycles. The van der Waals surface area contributed by atoms with Crippen molar-refractivity contribution in [1.29, 1.82) is 0 Å². The van der Waals surface area contributed by atoms with Crippen molar-refractivity contribution in [2.75, 3.05) is 6.54 Å². The summed E-state index contributed by atoms with van der Waals surface area (Å²) in [7, 11) is 0. The number of rotatable bonds is 1. The first-order valence-electron chi connectivity index (χ1n) is 4.94. The Bertz CT molecular complexity index is 299. The Morgan fingerprint density at radius 1 is 1.29 bits per heavy atom. The van der Waals surface area contributed by atoms with Gasteiger partial charge in [-0.1, -0.05) is 12.1 Å². The molecule has 1 saturated heterocycles. The lowest BCUT2D eigenvalue weighted by molar-refractivity contribution is 0.201. The van der Waals surface area contributed by atoms with E-state index in [2.05, 4.69) is 5.32 Å². The number of piperidine rings is 1. The Balaban J connectivity index is 2.16. The van der Waals surface area contributed by atoms with Gasteiger partial charge in [-0.05, 0) is 37.1 Å². The van der Waals surface area contributed by atoms with Gasteiger partial charge in [-0.2, -0.15) is 0 Å². The van der Waals surface area contributed by atoms with Crippen molar-refractivity contribution >= 4 is 0 Å². The number of benzene rings is 1. The van der Waals surface area contributed by atoms with E-state index in [0.717, 1.165) is 18.5 Å². The third-order valence-electron chi connectivity index (χ3n) is 2.63. The lowest BCUT2D eigenvalue weighted by Gasteiger charge is -2.27. The summed E-state index contributed by atoms with van der Waals surface area (Å²) < 4.78 is 13.5. The molecule has 76 valence electrons. The van der Waals surface area contributed by atoms with Crippen LogP contribution < -0.4 is 5.32 Å². The summed E-state index contributed by atoms with van der Waals surface area (Å²) in [6.45, 7) is 0.867. The highest BCUT2D eigenvalue weighted by atomic mass is 19.1. The van der Waals surface area contributed by atoms with Crippen LogP contribution >= 0.6 is 0 Å². The molecule has 0 saturated carbocycles. The molecule has 1 aliphatic heterocycles. The second-order valence-corrected chi connectivity index (χ2v) is 3.68. The molecule has 1 fully saturated rings. The molecule has 3 heteroatoms. The summed E-state index contributed by atoms with van der Waals surface area (Å²) >= 11 is 0. The molecule has 1 aliphatic rings. The molecule has 0 aromatic heterocycles. The van der Waals surface area contributed by atoms with Gasteiger partial charge in [0, 0.05) is 0 Å². The number of alkyl halides is 1. The molecule has 2 rings (SSSR count). The largest absolute Gasteiger partial charge is 0.508 e. The van der Waals surface area contributed by atoms with Crippen molar-refractivity contribution in [3.05, 3.63) is 29.8 Å². The molecular formula is C11H14FNO. The van der Waals surface area contributed by atoms with Crippen molar-refractivity contribution in [3.63, 3.8) is 0 Å². The first-order chi connectivity index (χ1) is 6.77. The van der Waals surface area contributed by atoms with Crippen LogP contribution in [0.25, 0.3) is 0 Å². The van der Waals surface area contributed by atoms with Gasteiger partial charge < -0.3 is 10.4 Å². The van der Waals surface area contributed by atoms with Crippen LogP contribution in [0.15, 0.2) is 24.3 Å². The van der Waals surface area contributed by atoms with Crippen LogP contribution in [-0.4, -0.2) is 17.8 Å². The van der Waals surface area contributed by atoms with Gasteiger partial charge in [-0.25, -0.2) is 4.39 Å². The van der Waals surface area contributed by atoms with Gasteiger partial charge in [-0.3, -0.25) is 0 Å². The molecule has 0 amide bonds. The number of phenols is 1. The van der Waals surface area contributed by atoms with Crippen molar-refractivity contribution < 1.29 is 9.50 Å². The van der Waals surface area contributed by atoms with E-state index in [0.29, 0.717) is 6.42 Å². The van der Waals surface area contributed by atoms with Gasteiger partial charge in [0.2, 0.25) is 0 Å². The van der Waals surface area contributed by atoms with Crippen LogP contribution in [0.4, 0.5) is 4.39 Å². The Morgan fingerprint density at radius 3 is 2.64 bits per heavy atom. The predicted octanol–water partition coefficient (Wildman–Crippen LogP) is 2.15.